The molecule has 0 fully saturated rings. The van der Waals surface area contributed by atoms with Crippen molar-refractivity contribution in [2.45, 2.75) is 32.3 Å². The van der Waals surface area contributed by atoms with Crippen molar-refractivity contribution < 1.29 is 17.9 Å². The number of aryl methyl sites for hydroxylation is 1. The Morgan fingerprint density at radius 3 is 2.82 bits per heavy atom. The molecular formula is C24H25F3N6O. The van der Waals surface area contributed by atoms with Crippen LogP contribution in [0.25, 0.3) is 11.1 Å². The first-order chi connectivity index (χ1) is 16.2. The van der Waals surface area contributed by atoms with Crippen LogP contribution in [0.3, 0.4) is 0 Å². The molecule has 0 aliphatic carbocycles. The number of halogens is 3. The molecule has 10 heteroatoms. The van der Waals surface area contributed by atoms with Crippen LogP contribution in [0.2, 0.25) is 0 Å². The Kier molecular flexibility index (Phi) is 6.32. The molecule has 7 nitrogen and oxygen atoms in total. The second kappa shape index (κ2) is 9.20. The number of allylic oxidation sites excluding steroid dienone is 1. The third kappa shape index (κ3) is 4.35. The van der Waals surface area contributed by atoms with E-state index >= 15 is 0 Å². The number of nitrogens with zero attached hydrogens (tertiary/aromatic N) is 3. The van der Waals surface area contributed by atoms with Gasteiger partial charge in [-0.05, 0) is 36.8 Å². The summed E-state index contributed by atoms with van der Waals surface area (Å²) >= 11 is 0. The summed E-state index contributed by atoms with van der Waals surface area (Å²) < 4.78 is 48.6. The summed E-state index contributed by atoms with van der Waals surface area (Å²) in [5.74, 6) is -0.118. The molecule has 4 rings (SSSR count). The molecule has 178 valence electrons. The largest absolute Gasteiger partial charge is 0.482 e. The molecule has 0 unspecified atom stereocenters. The van der Waals surface area contributed by atoms with Crippen molar-refractivity contribution in [3.05, 3.63) is 70.6 Å². The van der Waals surface area contributed by atoms with Gasteiger partial charge >= 0.3 is 0 Å². The quantitative estimate of drug-likeness (QED) is 0.533. The smallest absolute Gasteiger partial charge is 0.244 e. The highest BCUT2D eigenvalue weighted by Gasteiger charge is 2.26. The Bertz CT molecular complexity index is 1280. The third-order valence-electron chi connectivity index (χ3n) is 5.78. The fraction of sp³-hybridized carbons (Fsp3) is 0.292. The number of hydrogen-bond donors (Lipinski definition) is 3. The number of nitrogen functional groups attached to an aromatic ring is 1. The van der Waals surface area contributed by atoms with Crippen molar-refractivity contribution in [3.8, 4) is 16.9 Å². The van der Waals surface area contributed by atoms with Gasteiger partial charge in [-0.25, -0.2) is 18.2 Å². The number of aromatic nitrogens is 3. The number of pyridine rings is 1. The summed E-state index contributed by atoms with van der Waals surface area (Å²) in [5.41, 5.74) is 9.58. The summed E-state index contributed by atoms with van der Waals surface area (Å²) in [4.78, 5) is 4.22. The van der Waals surface area contributed by atoms with Crippen LogP contribution in [0.1, 0.15) is 35.5 Å². The standard InChI is InChI=1S/C24H25F3N6O/c1-12-17-8-15(25)4-5-16(17)23(28)14(10-30-2)6-19-22(18(9-21(26)27)32-33(19)3)13-7-20(34-12)24(29)31-11-13/h4-5,7-8,10-12,21,28,30H,6,9H2,1-3H3,(H2,29,31)/b14-10-,28-23?/t12-/m1/s1. The van der Waals surface area contributed by atoms with Crippen molar-refractivity contribution in [1.29, 1.82) is 5.41 Å². The maximum absolute atomic E-state index is 14.2. The maximum atomic E-state index is 14.2. The molecule has 1 aromatic carbocycles. The second-order valence-electron chi connectivity index (χ2n) is 8.10. The number of nitrogens with one attached hydrogen (secondary N) is 2. The summed E-state index contributed by atoms with van der Waals surface area (Å²) in [5, 5.41) is 16.2. The number of ether oxygens (including phenoxy) is 1. The first-order valence-corrected chi connectivity index (χ1v) is 10.7. The number of nitrogens with two attached hydrogens (primary N) is 1. The molecule has 3 aromatic rings. The van der Waals surface area contributed by atoms with E-state index in [0.717, 1.165) is 0 Å². The number of alkyl halides is 2. The van der Waals surface area contributed by atoms with Gasteiger partial charge in [0.25, 0.3) is 0 Å². The Morgan fingerprint density at radius 1 is 1.35 bits per heavy atom. The highest BCUT2D eigenvalue weighted by Crippen LogP contribution is 2.37. The van der Waals surface area contributed by atoms with E-state index in [1.807, 2.05) is 0 Å². The van der Waals surface area contributed by atoms with Crippen LogP contribution >= 0.6 is 0 Å². The van der Waals surface area contributed by atoms with E-state index in [1.165, 1.54) is 24.4 Å². The van der Waals surface area contributed by atoms with Gasteiger partial charge in [-0.15, -0.1) is 0 Å². The Balaban J connectivity index is 2.01. The maximum Gasteiger partial charge on any atom is 0.244 e. The van der Waals surface area contributed by atoms with E-state index in [-0.39, 0.29) is 29.4 Å². The van der Waals surface area contributed by atoms with Gasteiger partial charge in [0, 0.05) is 55.2 Å². The second-order valence-corrected chi connectivity index (χ2v) is 8.10. The van der Waals surface area contributed by atoms with Crippen LogP contribution in [0.4, 0.5) is 19.0 Å². The molecule has 34 heavy (non-hydrogen) atoms. The molecular weight excluding hydrogens is 445 g/mol. The zero-order valence-corrected chi connectivity index (χ0v) is 19.0. The molecule has 3 heterocycles. The van der Waals surface area contributed by atoms with Gasteiger partial charge in [-0.2, -0.15) is 5.10 Å². The number of anilines is 1. The van der Waals surface area contributed by atoms with E-state index in [4.69, 9.17) is 15.9 Å². The number of rotatable bonds is 3. The zero-order valence-electron chi connectivity index (χ0n) is 19.0. The summed E-state index contributed by atoms with van der Waals surface area (Å²) in [7, 11) is 3.38. The van der Waals surface area contributed by atoms with E-state index in [9.17, 15) is 13.2 Å². The lowest BCUT2D eigenvalue weighted by molar-refractivity contribution is 0.148. The molecule has 0 spiro atoms. The Hall–Kier alpha value is -3.82. The van der Waals surface area contributed by atoms with Crippen LogP contribution in [0, 0.1) is 11.2 Å². The van der Waals surface area contributed by atoms with Crippen LogP contribution < -0.4 is 15.8 Å². The predicted molar refractivity (Wildman–Crippen MR) is 124 cm³/mol. The van der Waals surface area contributed by atoms with Crippen molar-refractivity contribution in [2.75, 3.05) is 12.8 Å². The molecule has 1 aliphatic rings. The SMILES string of the molecule is CN/C=C1/Cc2c(c(CC(F)F)nn2C)-c2cnc(N)c(c2)O[C@H](C)c2cc(F)ccc2C1=N. The first-order valence-electron chi connectivity index (χ1n) is 10.7. The highest BCUT2D eigenvalue weighted by molar-refractivity contribution is 6.11. The molecule has 2 bridgehead atoms. The monoisotopic (exact) mass is 470 g/mol. The average Bonchev–Trinajstić information content (AvgIpc) is 3.07. The normalized spacial score (nSPS) is 17.0. The van der Waals surface area contributed by atoms with Gasteiger partial charge in [-0.3, -0.25) is 10.1 Å². The fourth-order valence-corrected chi connectivity index (χ4v) is 4.22. The molecule has 0 radical (unpaired) electrons. The lowest BCUT2D eigenvalue weighted by Crippen LogP contribution is -2.17. The number of hydrogen-bond acceptors (Lipinski definition) is 6. The molecule has 1 aliphatic heterocycles. The van der Waals surface area contributed by atoms with Gasteiger partial charge in [0.15, 0.2) is 11.6 Å². The zero-order chi connectivity index (χ0) is 24.6. The lowest BCUT2D eigenvalue weighted by atomic mass is 9.91. The Labute approximate surface area is 195 Å². The molecule has 0 saturated carbocycles. The van der Waals surface area contributed by atoms with Gasteiger partial charge in [0.1, 0.15) is 11.9 Å². The van der Waals surface area contributed by atoms with E-state index in [1.54, 1.807) is 38.0 Å². The van der Waals surface area contributed by atoms with E-state index in [0.29, 0.717) is 33.5 Å². The van der Waals surface area contributed by atoms with Gasteiger partial charge in [0.05, 0.1) is 23.5 Å². The first kappa shape index (κ1) is 23.3. The third-order valence-corrected chi connectivity index (χ3v) is 5.78. The molecule has 0 saturated heterocycles. The van der Waals surface area contributed by atoms with Crippen molar-refractivity contribution in [2.24, 2.45) is 7.05 Å². The van der Waals surface area contributed by atoms with Gasteiger partial charge < -0.3 is 15.8 Å². The lowest BCUT2D eigenvalue weighted by Gasteiger charge is -2.22. The summed E-state index contributed by atoms with van der Waals surface area (Å²) in [6.07, 6.45) is -0.421. The predicted octanol–water partition coefficient (Wildman–Crippen LogP) is 4.18. The molecule has 1 atom stereocenters. The van der Waals surface area contributed by atoms with Gasteiger partial charge in [-0.1, -0.05) is 0 Å². The number of benzene rings is 1. The fourth-order valence-electron chi connectivity index (χ4n) is 4.22. The highest BCUT2D eigenvalue weighted by atomic mass is 19.3. The summed E-state index contributed by atoms with van der Waals surface area (Å²) in [6, 6.07) is 5.80. The topological polar surface area (TPSA) is 102 Å². The van der Waals surface area contributed by atoms with Crippen molar-refractivity contribution in [1.82, 2.24) is 20.1 Å². The average molecular weight is 470 g/mol. The van der Waals surface area contributed by atoms with Crippen LogP contribution in [-0.2, 0) is 19.9 Å². The van der Waals surface area contributed by atoms with Crippen LogP contribution in [0.5, 0.6) is 5.75 Å². The molecule has 0 amide bonds. The van der Waals surface area contributed by atoms with E-state index in [2.05, 4.69) is 15.4 Å². The van der Waals surface area contributed by atoms with E-state index < -0.39 is 24.8 Å². The van der Waals surface area contributed by atoms with Crippen LogP contribution in [0.15, 0.2) is 42.2 Å². The van der Waals surface area contributed by atoms with Crippen molar-refractivity contribution in [3.63, 3.8) is 0 Å². The Morgan fingerprint density at radius 2 is 2.12 bits per heavy atom. The minimum Gasteiger partial charge on any atom is -0.482 e. The minimum atomic E-state index is -2.59. The van der Waals surface area contributed by atoms with Crippen molar-refractivity contribution >= 4 is 11.5 Å². The summed E-state index contributed by atoms with van der Waals surface area (Å²) in [6.45, 7) is 1.72. The number of fused-ring (bicyclic) bond motifs is 5. The van der Waals surface area contributed by atoms with Crippen LogP contribution in [-0.4, -0.2) is 33.9 Å². The molecule has 4 N–H and O–H groups in total. The minimum absolute atomic E-state index is 0.109. The molecule has 2 aromatic heterocycles. The van der Waals surface area contributed by atoms with Gasteiger partial charge in [0.2, 0.25) is 6.43 Å².